The summed E-state index contributed by atoms with van der Waals surface area (Å²) in [6.45, 7) is 1.64. The molecule has 0 aliphatic heterocycles. The number of carbonyl (C=O) groups excluding carboxylic acids is 2. The van der Waals surface area contributed by atoms with Crippen LogP contribution in [-0.2, 0) is 16.0 Å². The van der Waals surface area contributed by atoms with Gasteiger partial charge in [-0.05, 0) is 73.2 Å². The fourth-order valence-corrected chi connectivity index (χ4v) is 3.34. The van der Waals surface area contributed by atoms with Gasteiger partial charge in [0.1, 0.15) is 11.5 Å². The number of hydrogen-bond donors (Lipinski definition) is 3. The van der Waals surface area contributed by atoms with Gasteiger partial charge in [-0.15, -0.1) is 0 Å². The van der Waals surface area contributed by atoms with Crippen LogP contribution in [0.5, 0.6) is 11.5 Å². The van der Waals surface area contributed by atoms with E-state index >= 15 is 0 Å². The third-order valence-corrected chi connectivity index (χ3v) is 5.21. The second-order valence-corrected chi connectivity index (χ2v) is 8.10. The molecule has 176 valence electrons. The highest BCUT2D eigenvalue weighted by Crippen LogP contribution is 2.24. The molecule has 0 saturated heterocycles. The van der Waals surface area contributed by atoms with Gasteiger partial charge in [-0.2, -0.15) is 0 Å². The molecule has 1 unspecified atom stereocenters. The van der Waals surface area contributed by atoms with E-state index in [2.05, 4.69) is 16.0 Å². The SMILES string of the molecule is COc1ccc(CC(=O)NC(=S)Nc2ccc(NC(=O)C(C)Oc3ccccc3Cl)cc2)cc1. The molecule has 3 aromatic rings. The number of para-hydroxylation sites is 1. The Balaban J connectivity index is 1.46. The lowest BCUT2D eigenvalue weighted by Gasteiger charge is -2.16. The van der Waals surface area contributed by atoms with Crippen molar-refractivity contribution in [3.8, 4) is 11.5 Å². The van der Waals surface area contributed by atoms with Gasteiger partial charge < -0.3 is 25.4 Å². The highest BCUT2D eigenvalue weighted by atomic mass is 35.5. The summed E-state index contributed by atoms with van der Waals surface area (Å²) in [5.74, 6) is 0.610. The molecule has 3 N–H and O–H groups in total. The number of rotatable bonds is 8. The lowest BCUT2D eigenvalue weighted by atomic mass is 10.1. The predicted octanol–water partition coefficient (Wildman–Crippen LogP) is 4.81. The van der Waals surface area contributed by atoms with E-state index in [1.54, 1.807) is 74.7 Å². The number of ether oxygens (including phenoxy) is 2. The largest absolute Gasteiger partial charge is 0.497 e. The van der Waals surface area contributed by atoms with Crippen molar-refractivity contribution < 1.29 is 19.1 Å². The van der Waals surface area contributed by atoms with Gasteiger partial charge >= 0.3 is 0 Å². The lowest BCUT2D eigenvalue weighted by molar-refractivity contribution is -0.122. The molecule has 3 aromatic carbocycles. The summed E-state index contributed by atoms with van der Waals surface area (Å²) in [7, 11) is 1.59. The van der Waals surface area contributed by atoms with Gasteiger partial charge in [0.25, 0.3) is 5.91 Å². The molecule has 0 aliphatic carbocycles. The van der Waals surface area contributed by atoms with Crippen molar-refractivity contribution in [3.05, 3.63) is 83.4 Å². The van der Waals surface area contributed by atoms with Crippen LogP contribution in [0.15, 0.2) is 72.8 Å². The first-order chi connectivity index (χ1) is 16.3. The molecular formula is C25H24ClN3O4S. The zero-order chi connectivity index (χ0) is 24.5. The minimum absolute atomic E-state index is 0.178. The van der Waals surface area contributed by atoms with Gasteiger partial charge in [0, 0.05) is 11.4 Å². The van der Waals surface area contributed by atoms with Gasteiger partial charge in [0.15, 0.2) is 11.2 Å². The Hall–Kier alpha value is -3.62. The van der Waals surface area contributed by atoms with Gasteiger partial charge in [-0.1, -0.05) is 35.9 Å². The second-order valence-electron chi connectivity index (χ2n) is 7.28. The van der Waals surface area contributed by atoms with E-state index in [0.29, 0.717) is 22.1 Å². The van der Waals surface area contributed by atoms with Crippen LogP contribution in [0.1, 0.15) is 12.5 Å². The summed E-state index contributed by atoms with van der Waals surface area (Å²) in [6.07, 6.45) is -0.559. The summed E-state index contributed by atoms with van der Waals surface area (Å²) in [6, 6.07) is 21.1. The van der Waals surface area contributed by atoms with E-state index in [-0.39, 0.29) is 23.3 Å². The number of hydrogen-bond acceptors (Lipinski definition) is 5. The van der Waals surface area contributed by atoms with Crippen LogP contribution in [-0.4, -0.2) is 30.1 Å². The molecule has 0 aliphatic rings. The number of benzene rings is 3. The van der Waals surface area contributed by atoms with E-state index in [4.69, 9.17) is 33.3 Å². The fourth-order valence-electron chi connectivity index (χ4n) is 2.93. The Labute approximate surface area is 208 Å². The van der Waals surface area contributed by atoms with Crippen molar-refractivity contribution in [1.29, 1.82) is 0 Å². The summed E-state index contributed by atoms with van der Waals surface area (Å²) < 4.78 is 10.7. The Bertz CT molecular complexity index is 1150. The zero-order valence-electron chi connectivity index (χ0n) is 18.6. The second kappa shape index (κ2) is 12.0. The van der Waals surface area contributed by atoms with Crippen LogP contribution in [0.4, 0.5) is 11.4 Å². The summed E-state index contributed by atoms with van der Waals surface area (Å²) >= 11 is 11.3. The Morgan fingerprint density at radius 1 is 0.941 bits per heavy atom. The van der Waals surface area contributed by atoms with Gasteiger partial charge in [-0.25, -0.2) is 0 Å². The first kappa shape index (κ1) is 25.0. The van der Waals surface area contributed by atoms with Crippen molar-refractivity contribution in [3.63, 3.8) is 0 Å². The molecule has 1 atom stereocenters. The van der Waals surface area contributed by atoms with Crippen LogP contribution < -0.4 is 25.4 Å². The van der Waals surface area contributed by atoms with Crippen LogP contribution in [0, 0.1) is 0 Å². The Morgan fingerprint density at radius 3 is 2.18 bits per heavy atom. The predicted molar refractivity (Wildman–Crippen MR) is 138 cm³/mol. The molecule has 0 heterocycles. The molecule has 2 amide bonds. The number of methoxy groups -OCH3 is 1. The number of thiocarbonyl (C=S) groups is 1. The minimum Gasteiger partial charge on any atom is -0.497 e. The maximum Gasteiger partial charge on any atom is 0.265 e. The maximum absolute atomic E-state index is 12.4. The molecule has 0 spiro atoms. The van der Waals surface area contributed by atoms with Crippen molar-refractivity contribution in [2.45, 2.75) is 19.4 Å². The Morgan fingerprint density at radius 2 is 1.56 bits per heavy atom. The van der Waals surface area contributed by atoms with Crippen molar-refractivity contribution in [2.75, 3.05) is 17.7 Å². The minimum atomic E-state index is -0.744. The van der Waals surface area contributed by atoms with Gasteiger partial charge in [0.2, 0.25) is 5.91 Å². The highest BCUT2D eigenvalue weighted by molar-refractivity contribution is 7.80. The molecule has 9 heteroatoms. The number of amides is 2. The van der Waals surface area contributed by atoms with E-state index in [1.165, 1.54) is 0 Å². The molecule has 7 nitrogen and oxygen atoms in total. The molecule has 0 fully saturated rings. The number of nitrogens with one attached hydrogen (secondary N) is 3. The summed E-state index contributed by atoms with van der Waals surface area (Å²) in [4.78, 5) is 24.6. The van der Waals surface area contributed by atoms with Gasteiger partial charge in [-0.3, -0.25) is 9.59 Å². The third-order valence-electron chi connectivity index (χ3n) is 4.70. The normalized spacial score (nSPS) is 11.1. The standard InChI is InChI=1S/C25H24ClN3O4S/c1-16(33-22-6-4-3-5-21(22)26)24(31)27-18-9-11-19(12-10-18)28-25(34)29-23(30)15-17-7-13-20(32-2)14-8-17/h3-14,16H,15H2,1-2H3,(H,27,31)(H2,28,29,30,34). The first-order valence-electron chi connectivity index (χ1n) is 10.4. The van der Waals surface area contributed by atoms with Crippen LogP contribution in [0.25, 0.3) is 0 Å². The van der Waals surface area contributed by atoms with Gasteiger partial charge in [0.05, 0.1) is 18.6 Å². The third kappa shape index (κ3) is 7.47. The van der Waals surface area contributed by atoms with Crippen molar-refractivity contribution in [1.82, 2.24) is 5.32 Å². The van der Waals surface area contributed by atoms with E-state index < -0.39 is 6.10 Å². The van der Waals surface area contributed by atoms with E-state index in [9.17, 15) is 9.59 Å². The van der Waals surface area contributed by atoms with Crippen LogP contribution in [0.3, 0.4) is 0 Å². The number of carbonyl (C=O) groups is 2. The van der Waals surface area contributed by atoms with Crippen LogP contribution in [0.2, 0.25) is 5.02 Å². The van der Waals surface area contributed by atoms with Crippen molar-refractivity contribution in [2.24, 2.45) is 0 Å². The number of halogens is 1. The molecule has 0 aromatic heterocycles. The molecule has 0 radical (unpaired) electrons. The summed E-state index contributed by atoms with van der Waals surface area (Å²) in [5, 5.41) is 8.99. The van der Waals surface area contributed by atoms with E-state index in [1.807, 2.05) is 12.1 Å². The summed E-state index contributed by atoms with van der Waals surface area (Å²) in [5.41, 5.74) is 2.08. The molecule has 34 heavy (non-hydrogen) atoms. The smallest absolute Gasteiger partial charge is 0.265 e. The average Bonchev–Trinajstić information content (AvgIpc) is 2.82. The monoisotopic (exact) mass is 497 g/mol. The van der Waals surface area contributed by atoms with Crippen molar-refractivity contribution >= 4 is 52.1 Å². The van der Waals surface area contributed by atoms with Crippen LogP contribution >= 0.6 is 23.8 Å². The Kier molecular flexibility index (Phi) is 8.84. The first-order valence-corrected chi connectivity index (χ1v) is 11.2. The quantitative estimate of drug-likeness (QED) is 0.387. The number of anilines is 2. The molecule has 0 saturated carbocycles. The average molecular weight is 498 g/mol. The topological polar surface area (TPSA) is 88.7 Å². The maximum atomic E-state index is 12.4. The molecule has 3 rings (SSSR count). The fraction of sp³-hybridized carbons (Fsp3) is 0.160. The molecule has 0 bridgehead atoms. The highest BCUT2D eigenvalue weighted by Gasteiger charge is 2.16. The lowest BCUT2D eigenvalue weighted by Crippen LogP contribution is -2.35. The molecular weight excluding hydrogens is 474 g/mol. The zero-order valence-corrected chi connectivity index (χ0v) is 20.2. The van der Waals surface area contributed by atoms with E-state index in [0.717, 1.165) is 11.3 Å².